The number of piperidine rings is 1. The van der Waals surface area contributed by atoms with Gasteiger partial charge < -0.3 is 14.4 Å². The molecule has 0 saturated carbocycles. The second-order valence-corrected chi connectivity index (χ2v) is 7.96. The van der Waals surface area contributed by atoms with Crippen molar-refractivity contribution in [2.75, 3.05) is 19.7 Å². The van der Waals surface area contributed by atoms with Crippen LogP contribution in [0.15, 0.2) is 35.7 Å². The van der Waals surface area contributed by atoms with Gasteiger partial charge in [0.05, 0.1) is 23.2 Å². The molecule has 3 rings (SSSR count). The number of nitrogens with zero attached hydrogens (tertiary/aromatic N) is 2. The number of aryl methyl sites for hydroxylation is 1. The fraction of sp³-hybridized carbons (Fsp3) is 0.409. The van der Waals surface area contributed by atoms with E-state index in [0.717, 1.165) is 22.0 Å². The predicted molar refractivity (Wildman–Crippen MR) is 113 cm³/mol. The Kier molecular flexibility index (Phi) is 7.41. The Balaban J connectivity index is 1.46. The van der Waals surface area contributed by atoms with Crippen LogP contribution < -0.4 is 4.74 Å². The second kappa shape index (κ2) is 10.2. The quantitative estimate of drug-likeness (QED) is 0.509. The first kappa shape index (κ1) is 21.0. The monoisotopic (exact) mass is 414 g/mol. The van der Waals surface area contributed by atoms with E-state index in [4.69, 9.17) is 9.47 Å². The van der Waals surface area contributed by atoms with Gasteiger partial charge in [0.15, 0.2) is 0 Å². The molecule has 6 nitrogen and oxygen atoms in total. The van der Waals surface area contributed by atoms with Crippen molar-refractivity contribution >= 4 is 29.3 Å². The maximum absolute atomic E-state index is 12.4. The second-order valence-electron chi connectivity index (χ2n) is 6.90. The average Bonchev–Trinajstić information content (AvgIpc) is 3.16. The fourth-order valence-electron chi connectivity index (χ4n) is 3.18. The molecular formula is C22H26N2O4S. The first-order chi connectivity index (χ1) is 14.0. The van der Waals surface area contributed by atoms with Crippen molar-refractivity contribution in [3.63, 3.8) is 0 Å². The Labute approximate surface area is 175 Å². The highest BCUT2D eigenvalue weighted by Gasteiger charge is 2.27. The molecule has 0 radical (unpaired) electrons. The van der Waals surface area contributed by atoms with Crippen LogP contribution in [-0.4, -0.2) is 41.5 Å². The van der Waals surface area contributed by atoms with E-state index in [2.05, 4.69) is 4.98 Å². The van der Waals surface area contributed by atoms with Crippen LogP contribution in [-0.2, 0) is 20.9 Å². The summed E-state index contributed by atoms with van der Waals surface area (Å²) in [5.74, 6) is 0.484. The highest BCUT2D eigenvalue weighted by Crippen LogP contribution is 2.20. The minimum absolute atomic E-state index is 0.0356. The van der Waals surface area contributed by atoms with Crippen molar-refractivity contribution in [1.82, 2.24) is 9.88 Å². The molecule has 0 bridgehead atoms. The van der Waals surface area contributed by atoms with E-state index in [9.17, 15) is 9.59 Å². The molecule has 154 valence electrons. The molecule has 2 aromatic rings. The molecule has 0 spiro atoms. The normalized spacial score (nSPS) is 14.9. The van der Waals surface area contributed by atoms with Gasteiger partial charge in [0.2, 0.25) is 5.91 Å². The first-order valence-corrected chi connectivity index (χ1v) is 10.7. The number of benzene rings is 1. The number of rotatable bonds is 7. The number of carbonyl (C=O) groups is 2. The Morgan fingerprint density at radius 3 is 2.59 bits per heavy atom. The summed E-state index contributed by atoms with van der Waals surface area (Å²) in [7, 11) is 0. The third-order valence-electron chi connectivity index (χ3n) is 4.78. The van der Waals surface area contributed by atoms with Crippen molar-refractivity contribution in [3.8, 4) is 5.75 Å². The highest BCUT2D eigenvalue weighted by molar-refractivity contribution is 7.09. The lowest BCUT2D eigenvalue weighted by atomic mass is 9.97. The molecule has 0 N–H and O–H groups in total. The first-order valence-electron chi connectivity index (χ1n) is 9.82. The minimum Gasteiger partial charge on any atom is -0.487 e. The zero-order valence-electron chi connectivity index (χ0n) is 16.8. The van der Waals surface area contributed by atoms with Gasteiger partial charge in [0.25, 0.3) is 0 Å². The summed E-state index contributed by atoms with van der Waals surface area (Å²) in [5, 5.41) is 3.02. The molecule has 2 heterocycles. The summed E-state index contributed by atoms with van der Waals surface area (Å²) >= 11 is 1.61. The van der Waals surface area contributed by atoms with Gasteiger partial charge in [0, 0.05) is 24.5 Å². The Morgan fingerprint density at radius 2 is 1.97 bits per heavy atom. The van der Waals surface area contributed by atoms with Gasteiger partial charge >= 0.3 is 5.97 Å². The molecule has 1 aromatic carbocycles. The number of ether oxygens (including phenoxy) is 2. The van der Waals surface area contributed by atoms with Crippen LogP contribution in [0.5, 0.6) is 5.75 Å². The van der Waals surface area contributed by atoms with Crippen LogP contribution in [0, 0.1) is 12.8 Å². The maximum Gasteiger partial charge on any atom is 0.309 e. The third-order valence-corrected chi connectivity index (χ3v) is 5.60. The molecule has 1 amide bonds. The smallest absolute Gasteiger partial charge is 0.309 e. The van der Waals surface area contributed by atoms with Crippen LogP contribution in [0.4, 0.5) is 0 Å². The van der Waals surface area contributed by atoms with E-state index in [1.165, 1.54) is 0 Å². The number of likely N-dealkylation sites (tertiary alicyclic amines) is 1. The molecule has 7 heteroatoms. The molecule has 1 aliphatic heterocycles. The number of hydrogen-bond donors (Lipinski definition) is 0. The lowest BCUT2D eigenvalue weighted by Crippen LogP contribution is -2.39. The summed E-state index contributed by atoms with van der Waals surface area (Å²) in [6.07, 6.45) is 4.69. The molecule has 0 aliphatic carbocycles. The van der Waals surface area contributed by atoms with Crippen molar-refractivity contribution in [2.24, 2.45) is 5.92 Å². The molecule has 0 atom stereocenters. The van der Waals surface area contributed by atoms with E-state index in [1.54, 1.807) is 28.4 Å². The van der Waals surface area contributed by atoms with E-state index < -0.39 is 0 Å². The van der Waals surface area contributed by atoms with Crippen LogP contribution >= 0.6 is 11.3 Å². The SMILES string of the molecule is CCOC(=O)C1CCN(C(=O)/C=C/c2ccc(OCc3csc(C)n3)cc2)CC1. The van der Waals surface area contributed by atoms with E-state index in [0.29, 0.717) is 39.1 Å². The topological polar surface area (TPSA) is 68.7 Å². The Bertz CT molecular complexity index is 852. The maximum atomic E-state index is 12.4. The molecule has 29 heavy (non-hydrogen) atoms. The van der Waals surface area contributed by atoms with Gasteiger partial charge in [-0.15, -0.1) is 11.3 Å². The predicted octanol–water partition coefficient (Wildman–Crippen LogP) is 3.85. The number of hydrogen-bond acceptors (Lipinski definition) is 6. The van der Waals surface area contributed by atoms with Crippen molar-refractivity contribution in [3.05, 3.63) is 52.0 Å². The summed E-state index contributed by atoms with van der Waals surface area (Å²) < 4.78 is 10.8. The summed E-state index contributed by atoms with van der Waals surface area (Å²) in [5.41, 5.74) is 1.85. The average molecular weight is 415 g/mol. The van der Waals surface area contributed by atoms with Crippen molar-refractivity contribution in [2.45, 2.75) is 33.3 Å². The molecule has 1 fully saturated rings. The number of esters is 1. The Morgan fingerprint density at radius 1 is 1.24 bits per heavy atom. The van der Waals surface area contributed by atoms with Gasteiger partial charge in [-0.3, -0.25) is 9.59 Å². The van der Waals surface area contributed by atoms with E-state index >= 15 is 0 Å². The van der Waals surface area contributed by atoms with Gasteiger partial charge in [-0.05, 0) is 50.5 Å². The standard InChI is InChI=1S/C22H26N2O4S/c1-3-27-22(26)18-10-12-24(13-11-18)21(25)9-6-17-4-7-20(8-5-17)28-14-19-15-29-16(2)23-19/h4-9,15,18H,3,10-14H2,1-2H3/b9-6+. The molecule has 1 aromatic heterocycles. The Hall–Kier alpha value is -2.67. The van der Waals surface area contributed by atoms with Crippen molar-refractivity contribution in [1.29, 1.82) is 0 Å². The summed E-state index contributed by atoms with van der Waals surface area (Å²) in [6, 6.07) is 7.60. The van der Waals surface area contributed by atoms with E-state index in [1.807, 2.05) is 43.5 Å². The summed E-state index contributed by atoms with van der Waals surface area (Å²) in [6.45, 7) is 5.78. The zero-order valence-corrected chi connectivity index (χ0v) is 17.6. The molecule has 0 unspecified atom stereocenters. The third kappa shape index (κ3) is 6.15. The van der Waals surface area contributed by atoms with E-state index in [-0.39, 0.29) is 17.8 Å². The number of carbonyl (C=O) groups excluding carboxylic acids is 2. The van der Waals surface area contributed by atoms with Crippen molar-refractivity contribution < 1.29 is 19.1 Å². The minimum atomic E-state index is -0.151. The highest BCUT2D eigenvalue weighted by atomic mass is 32.1. The number of aromatic nitrogens is 1. The van der Waals surface area contributed by atoms with Gasteiger partial charge in [0.1, 0.15) is 12.4 Å². The number of thiazole rings is 1. The van der Waals surface area contributed by atoms with Crippen LogP contribution in [0.2, 0.25) is 0 Å². The lowest BCUT2D eigenvalue weighted by Gasteiger charge is -2.30. The van der Waals surface area contributed by atoms with Crippen LogP contribution in [0.1, 0.15) is 36.0 Å². The van der Waals surface area contributed by atoms with Crippen LogP contribution in [0.25, 0.3) is 6.08 Å². The summed E-state index contributed by atoms with van der Waals surface area (Å²) in [4.78, 5) is 30.3. The zero-order chi connectivity index (χ0) is 20.6. The van der Waals surface area contributed by atoms with Gasteiger partial charge in [-0.1, -0.05) is 12.1 Å². The fourth-order valence-corrected chi connectivity index (χ4v) is 3.77. The molecule has 1 aliphatic rings. The number of amides is 1. The van der Waals surface area contributed by atoms with Gasteiger partial charge in [-0.2, -0.15) is 0 Å². The largest absolute Gasteiger partial charge is 0.487 e. The van der Waals surface area contributed by atoms with Gasteiger partial charge in [-0.25, -0.2) is 4.98 Å². The lowest BCUT2D eigenvalue weighted by molar-refractivity contribution is -0.150. The molecule has 1 saturated heterocycles. The van der Waals surface area contributed by atoms with Crippen LogP contribution in [0.3, 0.4) is 0 Å². The molecular weight excluding hydrogens is 388 g/mol.